The zero-order valence-electron chi connectivity index (χ0n) is 10.2. The molecule has 100 valence electrons. The molecular formula is C12H13N3O2S2. The number of hydrogen-bond donors (Lipinski definition) is 2. The maximum Gasteiger partial charge on any atom is 0.329 e. The smallest absolute Gasteiger partial charge is 0.329 e. The van der Waals surface area contributed by atoms with Crippen molar-refractivity contribution in [2.45, 2.75) is 16.8 Å². The Labute approximate surface area is 119 Å². The van der Waals surface area contributed by atoms with E-state index in [1.165, 1.54) is 23.3 Å². The first-order valence-electron chi connectivity index (χ1n) is 5.53. The Morgan fingerprint density at radius 1 is 1.47 bits per heavy atom. The van der Waals surface area contributed by atoms with Crippen molar-refractivity contribution in [1.82, 2.24) is 9.36 Å². The molecule has 1 unspecified atom stereocenters. The van der Waals surface area contributed by atoms with Crippen LogP contribution in [0.2, 0.25) is 0 Å². The third-order valence-electron chi connectivity index (χ3n) is 2.60. The van der Waals surface area contributed by atoms with Crippen LogP contribution in [0, 0.1) is 6.92 Å². The number of aromatic nitrogens is 2. The topological polar surface area (TPSA) is 89.1 Å². The number of carboxylic acid groups (broad SMARTS) is 1. The molecule has 0 amide bonds. The van der Waals surface area contributed by atoms with Gasteiger partial charge in [-0.1, -0.05) is 42.1 Å². The Morgan fingerprint density at radius 3 is 2.68 bits per heavy atom. The minimum absolute atomic E-state index is 0.209. The van der Waals surface area contributed by atoms with Crippen LogP contribution in [0.25, 0.3) is 0 Å². The molecule has 5 nitrogen and oxygen atoms in total. The van der Waals surface area contributed by atoms with Crippen molar-refractivity contribution in [3.8, 4) is 0 Å². The molecule has 0 saturated carbocycles. The van der Waals surface area contributed by atoms with Gasteiger partial charge in [-0.15, -0.1) is 0 Å². The van der Waals surface area contributed by atoms with E-state index >= 15 is 0 Å². The summed E-state index contributed by atoms with van der Waals surface area (Å²) in [5, 5.41) is 9.40. The summed E-state index contributed by atoms with van der Waals surface area (Å²) in [6, 6.07) is 8.83. The van der Waals surface area contributed by atoms with Crippen molar-refractivity contribution in [2.24, 2.45) is 5.73 Å². The standard InChI is InChI=1S/C12H13N3O2S2/c1-8-14-11(19-15-8)18-7-12(13,10(16)17)9-5-3-2-4-6-9/h2-6H,7,13H2,1H3,(H,16,17). The highest BCUT2D eigenvalue weighted by Gasteiger charge is 2.36. The van der Waals surface area contributed by atoms with Crippen molar-refractivity contribution in [1.29, 1.82) is 0 Å². The largest absolute Gasteiger partial charge is 0.480 e. The van der Waals surface area contributed by atoms with Crippen molar-refractivity contribution < 1.29 is 9.90 Å². The fourth-order valence-corrected chi connectivity index (χ4v) is 3.28. The third kappa shape index (κ3) is 3.12. The maximum atomic E-state index is 11.5. The molecule has 1 aromatic carbocycles. The van der Waals surface area contributed by atoms with E-state index in [1.807, 2.05) is 6.07 Å². The second-order valence-corrected chi connectivity index (χ2v) is 6.01. The quantitative estimate of drug-likeness (QED) is 0.819. The summed E-state index contributed by atoms with van der Waals surface area (Å²) in [4.78, 5) is 15.7. The first-order chi connectivity index (χ1) is 9.02. The van der Waals surface area contributed by atoms with Crippen molar-refractivity contribution in [3.05, 3.63) is 41.7 Å². The summed E-state index contributed by atoms with van der Waals surface area (Å²) in [5.41, 5.74) is 5.21. The van der Waals surface area contributed by atoms with Gasteiger partial charge in [0, 0.05) is 5.75 Å². The molecule has 0 aliphatic carbocycles. The summed E-state index contributed by atoms with van der Waals surface area (Å²) in [7, 11) is 0. The molecule has 1 heterocycles. The summed E-state index contributed by atoms with van der Waals surface area (Å²) in [6.07, 6.45) is 0. The van der Waals surface area contributed by atoms with Gasteiger partial charge < -0.3 is 10.8 Å². The van der Waals surface area contributed by atoms with Crippen molar-refractivity contribution in [2.75, 3.05) is 5.75 Å². The van der Waals surface area contributed by atoms with E-state index in [0.717, 1.165) is 4.34 Å². The fraction of sp³-hybridized carbons (Fsp3) is 0.250. The van der Waals surface area contributed by atoms with Crippen LogP contribution in [-0.2, 0) is 10.3 Å². The second kappa shape index (κ2) is 5.68. The number of aryl methyl sites for hydroxylation is 1. The predicted octanol–water partition coefficient (Wildman–Crippen LogP) is 1.88. The van der Waals surface area contributed by atoms with Gasteiger partial charge in [-0.2, -0.15) is 4.37 Å². The van der Waals surface area contributed by atoms with Gasteiger partial charge >= 0.3 is 5.97 Å². The zero-order valence-corrected chi connectivity index (χ0v) is 11.9. The lowest BCUT2D eigenvalue weighted by molar-refractivity contribution is -0.142. The van der Waals surface area contributed by atoms with Gasteiger partial charge in [-0.3, -0.25) is 0 Å². The Morgan fingerprint density at radius 2 is 2.16 bits per heavy atom. The van der Waals surface area contributed by atoms with Gasteiger partial charge in [-0.05, 0) is 24.0 Å². The molecule has 7 heteroatoms. The van der Waals surface area contributed by atoms with Crippen LogP contribution in [0.3, 0.4) is 0 Å². The highest BCUT2D eigenvalue weighted by atomic mass is 32.2. The Hall–Kier alpha value is -1.44. The van der Waals surface area contributed by atoms with Crippen LogP contribution < -0.4 is 5.73 Å². The zero-order chi connectivity index (χ0) is 13.9. The monoisotopic (exact) mass is 295 g/mol. The molecule has 0 saturated heterocycles. The van der Waals surface area contributed by atoms with Gasteiger partial charge in [0.05, 0.1) is 0 Å². The number of carboxylic acids is 1. The Kier molecular flexibility index (Phi) is 4.18. The number of nitrogens with two attached hydrogens (primary N) is 1. The van der Waals surface area contributed by atoms with Crippen LogP contribution in [-0.4, -0.2) is 26.2 Å². The second-order valence-electron chi connectivity index (χ2n) is 4.04. The van der Waals surface area contributed by atoms with Crippen molar-refractivity contribution in [3.63, 3.8) is 0 Å². The lowest BCUT2D eigenvalue weighted by Crippen LogP contribution is -2.47. The Balaban J connectivity index is 2.19. The van der Waals surface area contributed by atoms with Gasteiger partial charge in [0.1, 0.15) is 11.4 Å². The number of thioether (sulfide) groups is 1. The van der Waals surface area contributed by atoms with E-state index in [1.54, 1.807) is 31.2 Å². The molecular weight excluding hydrogens is 282 g/mol. The van der Waals surface area contributed by atoms with Gasteiger partial charge in [0.2, 0.25) is 0 Å². The molecule has 2 aromatic rings. The Bertz CT molecular complexity index is 573. The number of benzene rings is 1. The predicted molar refractivity (Wildman–Crippen MR) is 75.3 cm³/mol. The lowest BCUT2D eigenvalue weighted by Gasteiger charge is -2.24. The average molecular weight is 295 g/mol. The molecule has 0 fully saturated rings. The number of aliphatic carboxylic acids is 1. The number of nitrogens with zero attached hydrogens (tertiary/aromatic N) is 2. The van der Waals surface area contributed by atoms with Crippen LogP contribution in [0.5, 0.6) is 0 Å². The molecule has 1 aromatic heterocycles. The minimum atomic E-state index is -1.43. The van der Waals surface area contributed by atoms with E-state index in [-0.39, 0.29) is 5.75 Å². The van der Waals surface area contributed by atoms with E-state index in [9.17, 15) is 9.90 Å². The molecule has 1 atom stereocenters. The van der Waals surface area contributed by atoms with Gasteiger partial charge in [-0.25, -0.2) is 9.78 Å². The minimum Gasteiger partial charge on any atom is -0.480 e. The third-order valence-corrected chi connectivity index (χ3v) is 4.72. The normalized spacial score (nSPS) is 14.0. The summed E-state index contributed by atoms with van der Waals surface area (Å²) in [5.74, 6) is -0.154. The summed E-state index contributed by atoms with van der Waals surface area (Å²) < 4.78 is 4.78. The average Bonchev–Trinajstić information content (AvgIpc) is 2.82. The van der Waals surface area contributed by atoms with E-state index in [2.05, 4.69) is 9.36 Å². The fourth-order valence-electron chi connectivity index (χ4n) is 1.52. The molecule has 19 heavy (non-hydrogen) atoms. The SMILES string of the molecule is Cc1nsc(SCC(N)(C(=O)O)c2ccccc2)n1. The van der Waals surface area contributed by atoms with E-state index in [4.69, 9.17) is 5.73 Å². The van der Waals surface area contributed by atoms with Gasteiger partial charge in [0.25, 0.3) is 0 Å². The number of hydrogen-bond acceptors (Lipinski definition) is 6. The van der Waals surface area contributed by atoms with Crippen LogP contribution in [0.1, 0.15) is 11.4 Å². The summed E-state index contributed by atoms with van der Waals surface area (Å²) in [6.45, 7) is 1.80. The van der Waals surface area contributed by atoms with Crippen LogP contribution in [0.15, 0.2) is 34.7 Å². The van der Waals surface area contributed by atoms with E-state index < -0.39 is 11.5 Å². The molecule has 0 bridgehead atoms. The first-order valence-corrected chi connectivity index (χ1v) is 7.29. The molecule has 0 aliphatic heterocycles. The summed E-state index contributed by atoms with van der Waals surface area (Å²) >= 11 is 2.56. The number of rotatable bonds is 5. The molecule has 3 N–H and O–H groups in total. The highest BCUT2D eigenvalue weighted by molar-refractivity contribution is 8.01. The maximum absolute atomic E-state index is 11.5. The number of carbonyl (C=O) groups is 1. The molecule has 2 rings (SSSR count). The first kappa shape index (κ1) is 14.0. The highest BCUT2D eigenvalue weighted by Crippen LogP contribution is 2.29. The molecule has 0 spiro atoms. The molecule has 0 radical (unpaired) electrons. The van der Waals surface area contributed by atoms with Crippen LogP contribution in [0.4, 0.5) is 0 Å². The van der Waals surface area contributed by atoms with Crippen LogP contribution >= 0.6 is 23.3 Å². The van der Waals surface area contributed by atoms with E-state index in [0.29, 0.717) is 11.4 Å². The van der Waals surface area contributed by atoms with Gasteiger partial charge in [0.15, 0.2) is 4.34 Å². The molecule has 0 aliphatic rings. The van der Waals surface area contributed by atoms with Crippen molar-refractivity contribution >= 4 is 29.3 Å². The lowest BCUT2D eigenvalue weighted by atomic mass is 9.93.